The first-order valence-corrected chi connectivity index (χ1v) is 4.90. The molecule has 2 N–H and O–H groups in total. The molecule has 1 aromatic rings. The first-order valence-electron chi connectivity index (χ1n) is 3.82. The number of nitrogens with two attached hydrogens (primary N) is 1. The smallest absolute Gasteiger partial charge is 0.252 e. The zero-order chi connectivity index (χ0) is 11.4. The molecule has 0 spiro atoms. The van der Waals surface area contributed by atoms with Gasteiger partial charge in [0.1, 0.15) is 5.75 Å². The molecule has 0 saturated carbocycles. The second-order valence-electron chi connectivity index (χ2n) is 2.56. The molecule has 0 aliphatic carbocycles. The molecule has 0 aromatic heterocycles. The molecule has 15 heavy (non-hydrogen) atoms. The molecule has 0 bridgehead atoms. The Bertz CT molecular complexity index is 454. The number of benzene rings is 1. The molecule has 0 radical (unpaired) electrons. The maximum atomic E-state index is 11.0. The van der Waals surface area contributed by atoms with Crippen molar-refractivity contribution >= 4 is 34.2 Å². The van der Waals surface area contributed by atoms with Crippen LogP contribution in [0.2, 0.25) is 0 Å². The van der Waals surface area contributed by atoms with Crippen LogP contribution in [-0.4, -0.2) is 13.0 Å². The van der Waals surface area contributed by atoms with Gasteiger partial charge in [0.25, 0.3) is 5.91 Å². The molecule has 0 unspecified atom stereocenters. The minimum absolute atomic E-state index is 0.263. The Morgan fingerprint density at radius 1 is 1.67 bits per heavy atom. The number of carbonyl (C=O) groups is 1. The summed E-state index contributed by atoms with van der Waals surface area (Å²) >= 11 is 1.95. The lowest BCUT2D eigenvalue weighted by Gasteiger charge is -2.07. The van der Waals surface area contributed by atoms with E-state index < -0.39 is 5.91 Å². The van der Waals surface area contributed by atoms with Gasteiger partial charge in [-0.3, -0.25) is 4.79 Å². The lowest BCUT2D eigenvalue weighted by molar-refractivity contribution is 0.0997. The number of rotatable bonds is 3. The molecule has 0 aliphatic rings. The fourth-order valence-electron chi connectivity index (χ4n) is 1.03. The highest BCUT2D eigenvalue weighted by Crippen LogP contribution is 2.30. The summed E-state index contributed by atoms with van der Waals surface area (Å²) in [6.45, 7) is 0. The van der Waals surface area contributed by atoms with Gasteiger partial charge >= 0.3 is 0 Å². The number of hydrogen-bond acceptors (Lipinski definition) is 3. The van der Waals surface area contributed by atoms with E-state index in [0.717, 1.165) is 0 Å². The minimum atomic E-state index is -0.586. The van der Waals surface area contributed by atoms with E-state index in [0.29, 0.717) is 15.0 Å². The third-order valence-electron chi connectivity index (χ3n) is 1.69. The Balaban J connectivity index is 3.41. The summed E-state index contributed by atoms with van der Waals surface area (Å²) in [5.41, 5.74) is 14.1. The molecule has 7 heteroatoms. The Morgan fingerprint density at radius 3 is 2.80 bits per heavy atom. The lowest BCUT2D eigenvalue weighted by atomic mass is 10.2. The molecule has 0 fully saturated rings. The van der Waals surface area contributed by atoms with Gasteiger partial charge in [-0.15, -0.1) is 0 Å². The summed E-state index contributed by atoms with van der Waals surface area (Å²) in [6, 6.07) is 2.99. The summed E-state index contributed by atoms with van der Waals surface area (Å²) in [4.78, 5) is 13.7. The average Bonchev–Trinajstić information content (AvgIpc) is 2.20. The van der Waals surface area contributed by atoms with Gasteiger partial charge in [-0.1, -0.05) is 5.11 Å². The monoisotopic (exact) mass is 318 g/mol. The lowest BCUT2D eigenvalue weighted by Crippen LogP contribution is -2.12. The van der Waals surface area contributed by atoms with Crippen LogP contribution in [0, 0.1) is 3.57 Å². The van der Waals surface area contributed by atoms with Crippen LogP contribution in [0.15, 0.2) is 17.2 Å². The third kappa shape index (κ3) is 2.51. The van der Waals surface area contributed by atoms with Crippen LogP contribution in [0.25, 0.3) is 10.4 Å². The summed E-state index contributed by atoms with van der Waals surface area (Å²) in [5, 5.41) is 3.46. The van der Waals surface area contributed by atoms with Crippen molar-refractivity contribution in [1.29, 1.82) is 0 Å². The van der Waals surface area contributed by atoms with E-state index in [1.165, 1.54) is 19.2 Å². The summed E-state index contributed by atoms with van der Waals surface area (Å²) in [6.07, 6.45) is 0. The molecule has 1 amide bonds. The second kappa shape index (κ2) is 4.85. The summed E-state index contributed by atoms with van der Waals surface area (Å²) in [5.74, 6) is -0.289. The van der Waals surface area contributed by atoms with Gasteiger partial charge in [0, 0.05) is 8.48 Å². The molecule has 78 valence electrons. The van der Waals surface area contributed by atoms with Crippen LogP contribution >= 0.6 is 22.6 Å². The van der Waals surface area contributed by atoms with E-state index in [1.54, 1.807) is 0 Å². The number of hydrogen-bond donors (Lipinski definition) is 1. The van der Waals surface area contributed by atoms with Crippen molar-refractivity contribution in [3.8, 4) is 5.75 Å². The van der Waals surface area contributed by atoms with Crippen molar-refractivity contribution < 1.29 is 9.53 Å². The summed E-state index contributed by atoms with van der Waals surface area (Å²) < 4.78 is 5.60. The van der Waals surface area contributed by atoms with Crippen LogP contribution in [0.4, 0.5) is 5.69 Å². The molecule has 0 saturated heterocycles. The van der Waals surface area contributed by atoms with E-state index in [2.05, 4.69) is 10.0 Å². The van der Waals surface area contributed by atoms with E-state index >= 15 is 0 Å². The van der Waals surface area contributed by atoms with Gasteiger partial charge < -0.3 is 10.5 Å². The van der Waals surface area contributed by atoms with Crippen molar-refractivity contribution in [2.75, 3.05) is 7.11 Å². The number of azide groups is 1. The molecule has 1 rings (SSSR count). The SMILES string of the molecule is COc1cc(N=[N+]=[N-])c(I)cc1C(N)=O. The third-order valence-corrected chi connectivity index (χ3v) is 2.55. The number of methoxy groups -OCH3 is 1. The highest BCUT2D eigenvalue weighted by Gasteiger charge is 2.12. The highest BCUT2D eigenvalue weighted by atomic mass is 127. The molecular formula is C8H7IN4O2. The normalized spacial score (nSPS) is 9.20. The van der Waals surface area contributed by atoms with Gasteiger partial charge in [-0.2, -0.15) is 0 Å². The Kier molecular flexibility index (Phi) is 3.75. The molecule has 1 aromatic carbocycles. The molecule has 6 nitrogen and oxygen atoms in total. The van der Waals surface area contributed by atoms with E-state index in [4.69, 9.17) is 16.0 Å². The zero-order valence-electron chi connectivity index (χ0n) is 7.77. The Labute approximate surface area is 99.2 Å². The molecule has 0 heterocycles. The summed E-state index contributed by atoms with van der Waals surface area (Å²) in [7, 11) is 1.41. The van der Waals surface area contributed by atoms with Gasteiger partial charge in [-0.05, 0) is 40.3 Å². The van der Waals surface area contributed by atoms with Gasteiger partial charge in [-0.25, -0.2) is 0 Å². The number of primary amides is 1. The van der Waals surface area contributed by atoms with E-state index in [9.17, 15) is 4.79 Å². The first-order chi connectivity index (χ1) is 7.10. The Hall–Kier alpha value is -1.47. The molecule has 0 atom stereocenters. The number of carbonyl (C=O) groups excluding carboxylic acids is 1. The average molecular weight is 318 g/mol. The quantitative estimate of drug-likeness (QED) is 0.400. The van der Waals surface area contributed by atoms with Crippen molar-refractivity contribution in [3.63, 3.8) is 0 Å². The number of halogens is 1. The zero-order valence-corrected chi connectivity index (χ0v) is 9.93. The number of nitrogens with zero attached hydrogens (tertiary/aromatic N) is 3. The van der Waals surface area contributed by atoms with Crippen LogP contribution in [-0.2, 0) is 0 Å². The van der Waals surface area contributed by atoms with Crippen LogP contribution in [0.5, 0.6) is 5.75 Å². The topological polar surface area (TPSA) is 101 Å². The van der Waals surface area contributed by atoms with Crippen molar-refractivity contribution in [2.24, 2.45) is 10.8 Å². The van der Waals surface area contributed by atoms with Gasteiger partial charge in [0.05, 0.1) is 18.4 Å². The van der Waals surface area contributed by atoms with Crippen LogP contribution in [0.1, 0.15) is 10.4 Å². The predicted molar refractivity (Wildman–Crippen MR) is 63.0 cm³/mol. The fourth-order valence-corrected chi connectivity index (χ4v) is 1.60. The van der Waals surface area contributed by atoms with Gasteiger partial charge in [0.2, 0.25) is 0 Å². The van der Waals surface area contributed by atoms with Crippen molar-refractivity contribution in [2.45, 2.75) is 0 Å². The van der Waals surface area contributed by atoms with Crippen molar-refractivity contribution in [1.82, 2.24) is 0 Å². The van der Waals surface area contributed by atoms with Crippen molar-refractivity contribution in [3.05, 3.63) is 31.7 Å². The largest absolute Gasteiger partial charge is 0.496 e. The van der Waals surface area contributed by atoms with Crippen LogP contribution in [0.3, 0.4) is 0 Å². The maximum Gasteiger partial charge on any atom is 0.252 e. The highest BCUT2D eigenvalue weighted by molar-refractivity contribution is 14.1. The fraction of sp³-hybridized carbons (Fsp3) is 0.125. The first kappa shape index (κ1) is 11.6. The number of ether oxygens (including phenoxy) is 1. The maximum absolute atomic E-state index is 11.0. The standard InChI is InChI=1S/C8H7IN4O2/c1-15-7-3-6(12-13-11)5(9)2-4(7)8(10)14/h2-3H,1H3,(H2,10,14). The molecule has 0 aliphatic heterocycles. The van der Waals surface area contributed by atoms with Gasteiger partial charge in [0.15, 0.2) is 0 Å². The minimum Gasteiger partial charge on any atom is -0.496 e. The Morgan fingerprint density at radius 2 is 2.33 bits per heavy atom. The van der Waals surface area contributed by atoms with E-state index in [-0.39, 0.29) is 5.56 Å². The molecular weight excluding hydrogens is 311 g/mol. The number of amides is 1. The second-order valence-corrected chi connectivity index (χ2v) is 3.72. The van der Waals surface area contributed by atoms with Crippen LogP contribution < -0.4 is 10.5 Å². The van der Waals surface area contributed by atoms with E-state index in [1.807, 2.05) is 22.6 Å². The predicted octanol–water partition coefficient (Wildman–Crippen LogP) is 2.34.